The standard InChI is InChI=1S/C14H17NO3S/c1-9-8-11(19-10(9)4-5-12(16)17)13(18)15-14(2)6-3-7-14/h4-5,8H,3,6-7H2,1-2H3,(H,15,18)(H,16,17)/b5-4+. The van der Waals surface area contributed by atoms with Crippen LogP contribution in [-0.4, -0.2) is 22.5 Å². The van der Waals surface area contributed by atoms with Gasteiger partial charge in [0, 0.05) is 16.5 Å². The van der Waals surface area contributed by atoms with Crippen molar-refractivity contribution in [2.24, 2.45) is 0 Å². The van der Waals surface area contributed by atoms with Gasteiger partial charge in [-0.3, -0.25) is 4.79 Å². The predicted octanol–water partition coefficient (Wildman–Crippen LogP) is 2.83. The SMILES string of the molecule is Cc1cc(C(=O)NC2(C)CCC2)sc1/C=C/C(=O)O. The van der Waals surface area contributed by atoms with Gasteiger partial charge in [-0.25, -0.2) is 4.79 Å². The minimum Gasteiger partial charge on any atom is -0.478 e. The zero-order chi connectivity index (χ0) is 14.0. The van der Waals surface area contributed by atoms with Crippen molar-refractivity contribution >= 4 is 29.3 Å². The molecule has 5 heteroatoms. The van der Waals surface area contributed by atoms with Gasteiger partial charge in [0.15, 0.2) is 0 Å². The predicted molar refractivity (Wildman–Crippen MR) is 75.4 cm³/mol. The Balaban J connectivity index is 2.10. The van der Waals surface area contributed by atoms with Crippen LogP contribution in [-0.2, 0) is 4.79 Å². The molecule has 4 nitrogen and oxygen atoms in total. The fourth-order valence-corrected chi connectivity index (χ4v) is 3.06. The first-order valence-corrected chi connectivity index (χ1v) is 7.05. The van der Waals surface area contributed by atoms with Crippen LogP contribution in [0, 0.1) is 6.92 Å². The molecule has 0 radical (unpaired) electrons. The fraction of sp³-hybridized carbons (Fsp3) is 0.429. The lowest BCUT2D eigenvalue weighted by Gasteiger charge is -2.38. The topological polar surface area (TPSA) is 66.4 Å². The molecule has 1 fully saturated rings. The van der Waals surface area contributed by atoms with E-state index in [0.29, 0.717) is 4.88 Å². The molecule has 2 N–H and O–H groups in total. The highest BCUT2D eigenvalue weighted by Gasteiger charge is 2.33. The molecule has 19 heavy (non-hydrogen) atoms. The number of aliphatic carboxylic acids is 1. The van der Waals surface area contributed by atoms with Crippen molar-refractivity contribution in [3.63, 3.8) is 0 Å². The molecule has 1 aromatic heterocycles. The van der Waals surface area contributed by atoms with E-state index >= 15 is 0 Å². The van der Waals surface area contributed by atoms with Crippen LogP contribution in [0.4, 0.5) is 0 Å². The monoisotopic (exact) mass is 279 g/mol. The van der Waals surface area contributed by atoms with E-state index in [9.17, 15) is 9.59 Å². The molecule has 0 unspecified atom stereocenters. The Morgan fingerprint density at radius 1 is 1.47 bits per heavy atom. The summed E-state index contributed by atoms with van der Waals surface area (Å²) in [6, 6.07) is 1.81. The third kappa shape index (κ3) is 3.23. The average Bonchev–Trinajstić information content (AvgIpc) is 2.66. The molecule has 0 spiro atoms. The summed E-state index contributed by atoms with van der Waals surface area (Å²) >= 11 is 1.32. The molecule has 1 aliphatic rings. The molecule has 1 aliphatic carbocycles. The van der Waals surface area contributed by atoms with Crippen LogP contribution in [0.15, 0.2) is 12.1 Å². The Morgan fingerprint density at radius 3 is 2.68 bits per heavy atom. The molecule has 0 atom stereocenters. The normalized spacial score (nSPS) is 17.2. The summed E-state index contributed by atoms with van der Waals surface area (Å²) in [5.41, 5.74) is 0.859. The van der Waals surface area contributed by atoms with Crippen molar-refractivity contribution in [1.29, 1.82) is 0 Å². The second kappa shape index (κ2) is 5.17. The third-order valence-electron chi connectivity index (χ3n) is 3.43. The fourth-order valence-electron chi connectivity index (χ4n) is 2.09. The van der Waals surface area contributed by atoms with Crippen molar-refractivity contribution in [3.05, 3.63) is 27.5 Å². The van der Waals surface area contributed by atoms with Gasteiger partial charge in [0.05, 0.1) is 4.88 Å². The first kappa shape index (κ1) is 13.8. The van der Waals surface area contributed by atoms with Crippen LogP contribution < -0.4 is 5.32 Å². The number of carbonyl (C=O) groups is 2. The van der Waals surface area contributed by atoms with Crippen LogP contribution in [0.2, 0.25) is 0 Å². The maximum atomic E-state index is 12.1. The summed E-state index contributed by atoms with van der Waals surface area (Å²) in [4.78, 5) is 24.1. The number of hydrogen-bond donors (Lipinski definition) is 2. The van der Waals surface area contributed by atoms with Gasteiger partial charge in [0.25, 0.3) is 5.91 Å². The molecule has 1 amide bonds. The highest BCUT2D eigenvalue weighted by molar-refractivity contribution is 7.15. The Hall–Kier alpha value is -1.62. The van der Waals surface area contributed by atoms with Crippen molar-refractivity contribution < 1.29 is 14.7 Å². The summed E-state index contributed by atoms with van der Waals surface area (Å²) in [5, 5.41) is 11.7. The van der Waals surface area contributed by atoms with E-state index in [4.69, 9.17) is 5.11 Å². The van der Waals surface area contributed by atoms with Crippen LogP contribution in [0.1, 0.15) is 46.3 Å². The van der Waals surface area contributed by atoms with E-state index in [0.717, 1.165) is 35.8 Å². The molecule has 1 heterocycles. The highest BCUT2D eigenvalue weighted by atomic mass is 32.1. The number of carbonyl (C=O) groups excluding carboxylic acids is 1. The second-order valence-electron chi connectivity index (χ2n) is 5.20. The summed E-state index contributed by atoms with van der Waals surface area (Å²) in [7, 11) is 0. The van der Waals surface area contributed by atoms with E-state index in [1.54, 1.807) is 0 Å². The highest BCUT2D eigenvalue weighted by Crippen LogP contribution is 2.32. The van der Waals surface area contributed by atoms with E-state index in [-0.39, 0.29) is 11.4 Å². The van der Waals surface area contributed by atoms with Crippen molar-refractivity contribution in [1.82, 2.24) is 5.32 Å². The number of nitrogens with one attached hydrogen (secondary N) is 1. The number of thiophene rings is 1. The van der Waals surface area contributed by atoms with Gasteiger partial charge in [-0.05, 0) is 50.8 Å². The van der Waals surface area contributed by atoms with Crippen LogP contribution in [0.25, 0.3) is 6.08 Å². The number of carboxylic acid groups (broad SMARTS) is 1. The number of amides is 1. The number of hydrogen-bond acceptors (Lipinski definition) is 3. The zero-order valence-electron chi connectivity index (χ0n) is 11.0. The maximum Gasteiger partial charge on any atom is 0.328 e. The van der Waals surface area contributed by atoms with Crippen molar-refractivity contribution in [2.45, 2.75) is 38.6 Å². The van der Waals surface area contributed by atoms with Gasteiger partial charge < -0.3 is 10.4 Å². The Labute approximate surface area is 116 Å². The van der Waals surface area contributed by atoms with Crippen LogP contribution in [0.5, 0.6) is 0 Å². The quantitative estimate of drug-likeness (QED) is 0.833. The van der Waals surface area contributed by atoms with Crippen LogP contribution >= 0.6 is 11.3 Å². The molecule has 1 aromatic rings. The summed E-state index contributed by atoms with van der Waals surface area (Å²) in [6.07, 6.45) is 5.83. The number of carboxylic acids is 1. The van der Waals surface area contributed by atoms with E-state index in [2.05, 4.69) is 12.2 Å². The van der Waals surface area contributed by atoms with E-state index < -0.39 is 5.97 Å². The molecule has 1 saturated carbocycles. The minimum absolute atomic E-state index is 0.0634. The molecular weight excluding hydrogens is 262 g/mol. The van der Waals surface area contributed by atoms with Crippen molar-refractivity contribution in [3.8, 4) is 0 Å². The minimum atomic E-state index is -0.985. The molecular formula is C14H17NO3S. The largest absolute Gasteiger partial charge is 0.478 e. The third-order valence-corrected chi connectivity index (χ3v) is 4.63. The van der Waals surface area contributed by atoms with E-state index in [1.807, 2.05) is 13.0 Å². The zero-order valence-corrected chi connectivity index (χ0v) is 11.8. The summed E-state index contributed by atoms with van der Waals surface area (Å²) in [6.45, 7) is 3.93. The van der Waals surface area contributed by atoms with Gasteiger partial charge in [0.1, 0.15) is 0 Å². The lowest BCUT2D eigenvalue weighted by atomic mass is 9.78. The second-order valence-corrected chi connectivity index (χ2v) is 6.28. The van der Waals surface area contributed by atoms with Crippen LogP contribution in [0.3, 0.4) is 0 Å². The van der Waals surface area contributed by atoms with Gasteiger partial charge in [-0.1, -0.05) is 0 Å². The molecule has 0 aliphatic heterocycles. The lowest BCUT2D eigenvalue weighted by molar-refractivity contribution is -0.131. The molecule has 0 bridgehead atoms. The molecule has 0 aromatic carbocycles. The Morgan fingerprint density at radius 2 is 2.16 bits per heavy atom. The van der Waals surface area contributed by atoms with E-state index in [1.165, 1.54) is 17.4 Å². The Bertz CT molecular complexity index is 541. The van der Waals surface area contributed by atoms with Gasteiger partial charge in [-0.15, -0.1) is 11.3 Å². The van der Waals surface area contributed by atoms with Gasteiger partial charge in [-0.2, -0.15) is 0 Å². The first-order chi connectivity index (χ1) is 8.89. The number of rotatable bonds is 4. The van der Waals surface area contributed by atoms with Gasteiger partial charge >= 0.3 is 5.97 Å². The molecule has 0 saturated heterocycles. The molecule has 102 valence electrons. The smallest absolute Gasteiger partial charge is 0.328 e. The van der Waals surface area contributed by atoms with Gasteiger partial charge in [0.2, 0.25) is 0 Å². The molecule has 2 rings (SSSR count). The first-order valence-electron chi connectivity index (χ1n) is 6.24. The summed E-state index contributed by atoms with van der Waals surface area (Å²) in [5.74, 6) is -1.05. The summed E-state index contributed by atoms with van der Waals surface area (Å²) < 4.78 is 0. The maximum absolute atomic E-state index is 12.1. The lowest BCUT2D eigenvalue weighted by Crippen LogP contribution is -2.50. The average molecular weight is 279 g/mol. The Kier molecular flexibility index (Phi) is 3.75. The van der Waals surface area contributed by atoms with Crippen molar-refractivity contribution in [2.75, 3.05) is 0 Å². The number of aryl methyl sites for hydroxylation is 1.